The zero-order valence-corrected chi connectivity index (χ0v) is 17.0. The molecule has 2 aromatic rings. The molecule has 1 amide bonds. The van der Waals surface area contributed by atoms with E-state index in [0.29, 0.717) is 41.2 Å². The normalized spacial score (nSPS) is 20.1. The number of carbonyl (C=O) groups excluding carboxylic acids is 2. The van der Waals surface area contributed by atoms with E-state index in [4.69, 9.17) is 16.7 Å². The molecule has 4 rings (SSSR count). The first kappa shape index (κ1) is 19.8. The molecule has 1 aliphatic carbocycles. The average Bonchev–Trinajstić information content (AvgIpc) is 2.67. The average molecular weight is 431 g/mol. The van der Waals surface area contributed by atoms with Gasteiger partial charge < -0.3 is 0 Å². The van der Waals surface area contributed by atoms with Crippen LogP contribution in [0.5, 0.6) is 0 Å². The van der Waals surface area contributed by atoms with Crippen molar-refractivity contribution in [2.24, 2.45) is 5.14 Å². The van der Waals surface area contributed by atoms with Gasteiger partial charge in [-0.25, -0.2) is 13.6 Å². The molecule has 2 N–H and O–H groups in total. The van der Waals surface area contributed by atoms with Crippen LogP contribution in [0.4, 0.5) is 5.69 Å². The topological polar surface area (TPSA) is 97.5 Å². The van der Waals surface area contributed by atoms with Gasteiger partial charge in [0.15, 0.2) is 5.78 Å². The number of sulfonamides is 1. The lowest BCUT2D eigenvalue weighted by Gasteiger charge is -2.38. The third-order valence-corrected chi connectivity index (χ3v) is 6.55. The van der Waals surface area contributed by atoms with Crippen molar-refractivity contribution in [1.29, 1.82) is 0 Å². The summed E-state index contributed by atoms with van der Waals surface area (Å²) in [6, 6.07) is 13.0. The van der Waals surface area contributed by atoms with Crippen molar-refractivity contribution in [1.82, 2.24) is 0 Å². The second-order valence-electron chi connectivity index (χ2n) is 7.21. The minimum Gasteiger partial charge on any atom is -0.294 e. The van der Waals surface area contributed by atoms with Gasteiger partial charge in [-0.2, -0.15) is 0 Å². The van der Waals surface area contributed by atoms with E-state index < -0.39 is 10.0 Å². The summed E-state index contributed by atoms with van der Waals surface area (Å²) in [5, 5.41) is 5.75. The second kappa shape index (κ2) is 7.40. The van der Waals surface area contributed by atoms with E-state index in [1.54, 1.807) is 29.2 Å². The fourth-order valence-corrected chi connectivity index (χ4v) is 4.70. The number of rotatable bonds is 3. The zero-order chi connectivity index (χ0) is 20.8. The molecule has 0 fully saturated rings. The van der Waals surface area contributed by atoms with Gasteiger partial charge in [-0.05, 0) is 54.8 Å². The molecule has 0 saturated carbocycles. The Kier molecular flexibility index (Phi) is 5.06. The van der Waals surface area contributed by atoms with Crippen molar-refractivity contribution in [3.8, 4) is 0 Å². The smallest absolute Gasteiger partial charge is 0.238 e. The number of Topliss-reactive ketones (excluding diaryl/α,β-unsaturated/α-hetero) is 1. The zero-order valence-electron chi connectivity index (χ0n) is 15.5. The van der Waals surface area contributed by atoms with E-state index in [1.165, 1.54) is 12.1 Å². The molecule has 29 heavy (non-hydrogen) atoms. The maximum Gasteiger partial charge on any atom is 0.238 e. The third-order valence-electron chi connectivity index (χ3n) is 5.37. The molecular formula is C21H19ClN2O4S. The number of amides is 1. The summed E-state index contributed by atoms with van der Waals surface area (Å²) in [6.07, 6.45) is 1.89. The molecule has 8 heteroatoms. The quantitative estimate of drug-likeness (QED) is 0.805. The van der Waals surface area contributed by atoms with Crippen LogP contribution >= 0.6 is 11.6 Å². The number of nitrogens with two attached hydrogens (primary N) is 1. The molecular weight excluding hydrogens is 412 g/mol. The SMILES string of the molecule is NS(=O)(=O)c1ccc(N2C(=O)CC(c3ccc(Cl)cc3)C3=C2CCCC3=O)cc1. The van der Waals surface area contributed by atoms with Crippen molar-refractivity contribution in [3.05, 3.63) is 70.4 Å². The highest BCUT2D eigenvalue weighted by atomic mass is 35.5. The summed E-state index contributed by atoms with van der Waals surface area (Å²) < 4.78 is 23.0. The largest absolute Gasteiger partial charge is 0.294 e. The summed E-state index contributed by atoms with van der Waals surface area (Å²) >= 11 is 5.99. The first-order valence-electron chi connectivity index (χ1n) is 9.23. The molecule has 0 radical (unpaired) electrons. The van der Waals surface area contributed by atoms with E-state index in [-0.39, 0.29) is 28.9 Å². The van der Waals surface area contributed by atoms with Gasteiger partial charge in [0, 0.05) is 40.7 Å². The van der Waals surface area contributed by atoms with Crippen molar-refractivity contribution in [3.63, 3.8) is 0 Å². The fraction of sp³-hybridized carbons (Fsp3) is 0.238. The van der Waals surface area contributed by atoms with Gasteiger partial charge in [-0.1, -0.05) is 23.7 Å². The molecule has 6 nitrogen and oxygen atoms in total. The first-order valence-corrected chi connectivity index (χ1v) is 11.2. The van der Waals surface area contributed by atoms with Crippen molar-refractivity contribution in [2.45, 2.75) is 36.5 Å². The van der Waals surface area contributed by atoms with E-state index in [1.807, 2.05) is 12.1 Å². The van der Waals surface area contributed by atoms with Crippen LogP contribution in [0.3, 0.4) is 0 Å². The lowest BCUT2D eigenvalue weighted by Crippen LogP contribution is -2.40. The molecule has 0 spiro atoms. The molecule has 0 saturated heterocycles. The van der Waals surface area contributed by atoms with E-state index in [2.05, 4.69) is 0 Å². The van der Waals surface area contributed by atoms with Gasteiger partial charge in [-0.3, -0.25) is 14.5 Å². The monoisotopic (exact) mass is 430 g/mol. The van der Waals surface area contributed by atoms with Gasteiger partial charge in [0.1, 0.15) is 0 Å². The fourth-order valence-electron chi connectivity index (χ4n) is 4.06. The Hall–Kier alpha value is -2.48. The van der Waals surface area contributed by atoms with Crippen LogP contribution in [-0.2, 0) is 19.6 Å². The molecule has 1 unspecified atom stereocenters. The predicted molar refractivity (Wildman–Crippen MR) is 110 cm³/mol. The first-order chi connectivity index (χ1) is 13.8. The van der Waals surface area contributed by atoms with Crippen molar-refractivity contribution in [2.75, 3.05) is 4.90 Å². The Labute approximate surface area is 174 Å². The number of hydrogen-bond donors (Lipinski definition) is 1. The molecule has 0 bridgehead atoms. The Morgan fingerprint density at radius 1 is 0.966 bits per heavy atom. The van der Waals surface area contributed by atoms with Crippen molar-refractivity contribution < 1.29 is 18.0 Å². The van der Waals surface area contributed by atoms with Crippen LogP contribution in [0.2, 0.25) is 5.02 Å². The Morgan fingerprint density at radius 2 is 1.62 bits per heavy atom. The molecule has 2 aliphatic rings. The minimum absolute atomic E-state index is 0.0290. The highest BCUT2D eigenvalue weighted by molar-refractivity contribution is 7.89. The summed E-state index contributed by atoms with van der Waals surface area (Å²) in [5.74, 6) is -0.394. The number of nitrogens with zero attached hydrogens (tertiary/aromatic N) is 1. The molecule has 1 aliphatic heterocycles. The molecule has 1 heterocycles. The van der Waals surface area contributed by atoms with E-state index in [0.717, 1.165) is 5.56 Å². The number of benzene rings is 2. The summed E-state index contributed by atoms with van der Waals surface area (Å²) in [7, 11) is -3.82. The van der Waals surface area contributed by atoms with Crippen LogP contribution < -0.4 is 10.0 Å². The van der Waals surface area contributed by atoms with Gasteiger partial charge in [-0.15, -0.1) is 0 Å². The Bertz CT molecular complexity index is 1120. The van der Waals surface area contributed by atoms with Gasteiger partial charge >= 0.3 is 0 Å². The van der Waals surface area contributed by atoms with E-state index in [9.17, 15) is 18.0 Å². The second-order valence-corrected chi connectivity index (χ2v) is 9.21. The molecule has 150 valence electrons. The predicted octanol–water partition coefficient (Wildman–Crippen LogP) is 3.52. The third kappa shape index (κ3) is 3.73. The number of hydrogen-bond acceptors (Lipinski definition) is 4. The van der Waals surface area contributed by atoms with Gasteiger partial charge in [0.05, 0.1) is 4.90 Å². The van der Waals surface area contributed by atoms with Crippen LogP contribution in [0.15, 0.2) is 64.7 Å². The minimum atomic E-state index is -3.82. The Morgan fingerprint density at radius 3 is 2.24 bits per heavy atom. The van der Waals surface area contributed by atoms with Gasteiger partial charge in [0.25, 0.3) is 0 Å². The number of anilines is 1. The molecule has 2 aromatic carbocycles. The number of halogens is 1. The van der Waals surface area contributed by atoms with E-state index >= 15 is 0 Å². The Balaban J connectivity index is 1.81. The van der Waals surface area contributed by atoms with Gasteiger partial charge in [0.2, 0.25) is 15.9 Å². The number of carbonyl (C=O) groups is 2. The maximum absolute atomic E-state index is 13.1. The summed E-state index contributed by atoms with van der Waals surface area (Å²) in [6.45, 7) is 0. The van der Waals surface area contributed by atoms with Crippen molar-refractivity contribution >= 4 is 39.0 Å². The highest BCUT2D eigenvalue weighted by Crippen LogP contribution is 2.43. The lowest BCUT2D eigenvalue weighted by atomic mass is 9.77. The van der Waals surface area contributed by atoms with Crippen LogP contribution in [-0.4, -0.2) is 20.1 Å². The molecule has 1 atom stereocenters. The molecule has 0 aromatic heterocycles. The summed E-state index contributed by atoms with van der Waals surface area (Å²) in [5.41, 5.74) is 2.77. The lowest BCUT2D eigenvalue weighted by molar-refractivity contribution is -0.119. The van der Waals surface area contributed by atoms with Crippen LogP contribution in [0.25, 0.3) is 0 Å². The number of primary sulfonamides is 1. The van der Waals surface area contributed by atoms with Crippen LogP contribution in [0, 0.1) is 0 Å². The summed E-state index contributed by atoms with van der Waals surface area (Å²) in [4.78, 5) is 27.4. The van der Waals surface area contributed by atoms with Crippen LogP contribution in [0.1, 0.15) is 37.2 Å². The number of allylic oxidation sites excluding steroid dienone is 2. The highest BCUT2D eigenvalue weighted by Gasteiger charge is 2.39. The maximum atomic E-state index is 13.1. The standard InChI is InChI=1S/C21H19ClN2O4S/c22-14-6-4-13(5-7-14)17-12-20(26)24(18-2-1-3-19(25)21(17)18)15-8-10-16(11-9-15)29(23,27)28/h4-11,17H,1-3,12H2,(H2,23,27,28). The number of ketones is 1.